The summed E-state index contributed by atoms with van der Waals surface area (Å²) in [5.41, 5.74) is 1.37. The van der Waals surface area contributed by atoms with E-state index in [1.807, 2.05) is 6.07 Å². The van der Waals surface area contributed by atoms with Crippen LogP contribution in [-0.4, -0.2) is 23.4 Å². The van der Waals surface area contributed by atoms with E-state index >= 15 is 0 Å². The summed E-state index contributed by atoms with van der Waals surface area (Å²) in [4.78, 5) is 13.7. The van der Waals surface area contributed by atoms with Gasteiger partial charge >= 0.3 is 0 Å². The second-order valence-electron chi connectivity index (χ2n) is 4.85. The summed E-state index contributed by atoms with van der Waals surface area (Å²) in [7, 11) is 0. The van der Waals surface area contributed by atoms with Crippen LogP contribution >= 0.6 is 0 Å². The van der Waals surface area contributed by atoms with Gasteiger partial charge in [0.15, 0.2) is 0 Å². The minimum absolute atomic E-state index is 0.224. The Morgan fingerprint density at radius 3 is 2.71 bits per heavy atom. The zero-order chi connectivity index (χ0) is 12.3. The van der Waals surface area contributed by atoms with Gasteiger partial charge in [0.2, 0.25) is 5.91 Å². The Morgan fingerprint density at radius 2 is 2.12 bits per heavy atom. The average Bonchev–Trinajstić information content (AvgIpc) is 2.81. The number of benzene rings is 1. The summed E-state index contributed by atoms with van der Waals surface area (Å²) < 4.78 is 0. The van der Waals surface area contributed by atoms with E-state index in [4.69, 9.17) is 0 Å². The van der Waals surface area contributed by atoms with E-state index in [2.05, 4.69) is 36.1 Å². The molecule has 0 saturated carbocycles. The molecule has 1 heterocycles. The molecule has 0 aromatic heterocycles. The Balaban J connectivity index is 2.21. The van der Waals surface area contributed by atoms with E-state index in [1.54, 1.807) is 6.92 Å². The maximum absolute atomic E-state index is 11.6. The third-order valence-electron chi connectivity index (χ3n) is 3.84. The van der Waals surface area contributed by atoms with Crippen LogP contribution in [0.5, 0.6) is 0 Å². The van der Waals surface area contributed by atoms with Crippen molar-refractivity contribution in [1.29, 1.82) is 0 Å². The van der Waals surface area contributed by atoms with Crippen molar-refractivity contribution in [2.24, 2.45) is 0 Å². The topological polar surface area (TPSA) is 20.3 Å². The van der Waals surface area contributed by atoms with Crippen molar-refractivity contribution in [3.8, 4) is 0 Å². The monoisotopic (exact) mass is 231 g/mol. The van der Waals surface area contributed by atoms with Crippen molar-refractivity contribution in [2.45, 2.75) is 45.1 Å². The number of hydrogen-bond acceptors (Lipinski definition) is 1. The largest absolute Gasteiger partial charge is 0.339 e. The molecule has 1 aliphatic heterocycles. The Hall–Kier alpha value is -1.31. The smallest absolute Gasteiger partial charge is 0.219 e. The van der Waals surface area contributed by atoms with Gasteiger partial charge in [0.25, 0.3) is 0 Å². The van der Waals surface area contributed by atoms with Crippen LogP contribution < -0.4 is 0 Å². The predicted molar refractivity (Wildman–Crippen MR) is 69.9 cm³/mol. The molecule has 1 fully saturated rings. The fourth-order valence-electron chi connectivity index (χ4n) is 3.03. The van der Waals surface area contributed by atoms with Crippen molar-refractivity contribution in [1.82, 2.24) is 4.90 Å². The lowest BCUT2D eigenvalue weighted by molar-refractivity contribution is -0.130. The van der Waals surface area contributed by atoms with Crippen LogP contribution in [0.4, 0.5) is 0 Å². The minimum Gasteiger partial charge on any atom is -0.339 e. The number of amides is 1. The molecule has 0 bridgehead atoms. The van der Waals surface area contributed by atoms with Crippen LogP contribution in [0.2, 0.25) is 0 Å². The van der Waals surface area contributed by atoms with Crippen LogP contribution in [0.1, 0.15) is 44.6 Å². The summed E-state index contributed by atoms with van der Waals surface area (Å²) in [6.07, 6.45) is 3.39. The van der Waals surface area contributed by atoms with Gasteiger partial charge < -0.3 is 4.90 Å². The molecule has 0 unspecified atom stereocenters. The molecule has 2 rings (SSSR count). The molecular formula is C15H21NO. The van der Waals surface area contributed by atoms with Gasteiger partial charge in [-0.25, -0.2) is 0 Å². The van der Waals surface area contributed by atoms with E-state index in [9.17, 15) is 4.79 Å². The molecule has 0 radical (unpaired) electrons. The highest BCUT2D eigenvalue weighted by Crippen LogP contribution is 2.33. The molecule has 0 spiro atoms. The molecule has 2 atom stereocenters. The zero-order valence-electron chi connectivity index (χ0n) is 10.7. The van der Waals surface area contributed by atoms with E-state index in [0.29, 0.717) is 12.0 Å². The second kappa shape index (κ2) is 5.35. The van der Waals surface area contributed by atoms with Crippen molar-refractivity contribution in [2.75, 3.05) is 6.54 Å². The van der Waals surface area contributed by atoms with E-state index in [-0.39, 0.29) is 5.91 Å². The normalized spacial score (nSPS) is 21.5. The lowest BCUT2D eigenvalue weighted by Gasteiger charge is -2.30. The van der Waals surface area contributed by atoms with Crippen molar-refractivity contribution < 1.29 is 4.79 Å². The van der Waals surface area contributed by atoms with Gasteiger partial charge in [-0.2, -0.15) is 0 Å². The highest BCUT2D eigenvalue weighted by molar-refractivity contribution is 5.74. The molecule has 17 heavy (non-hydrogen) atoms. The molecule has 1 saturated heterocycles. The Morgan fingerprint density at radius 1 is 1.41 bits per heavy atom. The Labute approximate surface area is 104 Å². The van der Waals surface area contributed by atoms with Gasteiger partial charge in [0.1, 0.15) is 0 Å². The first-order valence-corrected chi connectivity index (χ1v) is 6.56. The van der Waals surface area contributed by atoms with Crippen molar-refractivity contribution in [3.63, 3.8) is 0 Å². The van der Waals surface area contributed by atoms with Gasteiger partial charge in [-0.15, -0.1) is 0 Å². The molecule has 0 N–H and O–H groups in total. The number of nitrogens with zero attached hydrogens (tertiary/aromatic N) is 1. The van der Waals surface area contributed by atoms with Crippen LogP contribution in [0.15, 0.2) is 30.3 Å². The number of hydrogen-bond donors (Lipinski definition) is 0. The van der Waals surface area contributed by atoms with Gasteiger partial charge in [-0.3, -0.25) is 4.79 Å². The SMILES string of the molecule is CC[C@H](c1ccccc1)[C@H]1CCCN1C(C)=O. The predicted octanol–water partition coefficient (Wildman–Crippen LogP) is 3.19. The molecule has 92 valence electrons. The molecule has 1 amide bonds. The highest BCUT2D eigenvalue weighted by Gasteiger charge is 2.32. The van der Waals surface area contributed by atoms with Gasteiger partial charge in [0.05, 0.1) is 0 Å². The van der Waals surface area contributed by atoms with Gasteiger partial charge in [0, 0.05) is 25.4 Å². The van der Waals surface area contributed by atoms with Crippen LogP contribution in [0.3, 0.4) is 0 Å². The minimum atomic E-state index is 0.224. The Kier molecular flexibility index (Phi) is 3.82. The standard InChI is InChI=1S/C15H21NO/c1-3-14(13-8-5-4-6-9-13)15-10-7-11-16(15)12(2)17/h4-6,8-9,14-15H,3,7,10-11H2,1-2H3/t14-,15-/m1/s1. The van der Waals surface area contributed by atoms with E-state index in [1.165, 1.54) is 5.56 Å². The summed E-state index contributed by atoms with van der Waals surface area (Å²) in [5.74, 6) is 0.712. The fraction of sp³-hybridized carbons (Fsp3) is 0.533. The van der Waals surface area contributed by atoms with Crippen LogP contribution in [-0.2, 0) is 4.79 Å². The summed E-state index contributed by atoms with van der Waals surface area (Å²) in [6, 6.07) is 11.0. The third-order valence-corrected chi connectivity index (χ3v) is 3.84. The van der Waals surface area contributed by atoms with E-state index < -0.39 is 0 Å². The summed E-state index contributed by atoms with van der Waals surface area (Å²) in [6.45, 7) is 4.84. The molecule has 1 aliphatic rings. The zero-order valence-corrected chi connectivity index (χ0v) is 10.7. The number of carbonyl (C=O) groups is 1. The lowest BCUT2D eigenvalue weighted by Crippen LogP contribution is -2.37. The van der Waals surface area contributed by atoms with Gasteiger partial charge in [-0.05, 0) is 24.8 Å². The highest BCUT2D eigenvalue weighted by atomic mass is 16.2. The number of carbonyl (C=O) groups excluding carboxylic acids is 1. The lowest BCUT2D eigenvalue weighted by atomic mass is 9.88. The number of likely N-dealkylation sites (tertiary alicyclic amines) is 1. The van der Waals surface area contributed by atoms with Crippen LogP contribution in [0.25, 0.3) is 0 Å². The molecule has 2 heteroatoms. The Bertz CT molecular complexity index is 374. The van der Waals surface area contributed by atoms with E-state index in [0.717, 1.165) is 25.8 Å². The molecule has 2 nitrogen and oxygen atoms in total. The first-order chi connectivity index (χ1) is 8.24. The number of rotatable bonds is 3. The quantitative estimate of drug-likeness (QED) is 0.782. The molecular weight excluding hydrogens is 210 g/mol. The summed E-state index contributed by atoms with van der Waals surface area (Å²) >= 11 is 0. The summed E-state index contributed by atoms with van der Waals surface area (Å²) in [5, 5.41) is 0. The van der Waals surface area contributed by atoms with Crippen LogP contribution in [0, 0.1) is 0 Å². The molecule has 1 aromatic rings. The maximum Gasteiger partial charge on any atom is 0.219 e. The molecule has 1 aromatic carbocycles. The van der Waals surface area contributed by atoms with Crippen molar-refractivity contribution in [3.05, 3.63) is 35.9 Å². The van der Waals surface area contributed by atoms with Crippen molar-refractivity contribution >= 4 is 5.91 Å². The second-order valence-corrected chi connectivity index (χ2v) is 4.85. The first-order valence-electron chi connectivity index (χ1n) is 6.56. The van der Waals surface area contributed by atoms with Gasteiger partial charge in [-0.1, -0.05) is 37.3 Å². The fourth-order valence-corrected chi connectivity index (χ4v) is 3.03. The first kappa shape index (κ1) is 12.2. The third kappa shape index (κ3) is 2.51. The maximum atomic E-state index is 11.6. The average molecular weight is 231 g/mol. The molecule has 0 aliphatic carbocycles.